The fourth-order valence-corrected chi connectivity index (χ4v) is 3.07. The Morgan fingerprint density at radius 3 is 2.10 bits per heavy atom. The van der Waals surface area contributed by atoms with E-state index in [-0.39, 0.29) is 11.1 Å². The highest BCUT2D eigenvalue weighted by Crippen LogP contribution is 2.29. The van der Waals surface area contributed by atoms with Crippen LogP contribution in [-0.2, 0) is 0 Å². The lowest BCUT2D eigenvalue weighted by Crippen LogP contribution is -2.00. The Hall–Kier alpha value is -1.16. The molecule has 2 rings (SSSR count). The van der Waals surface area contributed by atoms with Crippen LogP contribution in [0.25, 0.3) is 11.1 Å². The van der Waals surface area contributed by atoms with E-state index in [0.29, 0.717) is 11.1 Å². The third-order valence-electron chi connectivity index (χ3n) is 2.67. The molecule has 0 atom stereocenters. The van der Waals surface area contributed by atoms with E-state index in [2.05, 4.69) is 22.6 Å². The second kappa shape index (κ2) is 6.08. The van der Waals surface area contributed by atoms with Crippen molar-refractivity contribution in [3.8, 4) is 11.1 Å². The molecule has 0 radical (unpaired) electrons. The molecule has 0 bridgehead atoms. The molecule has 2 N–H and O–H groups in total. The van der Waals surface area contributed by atoms with Gasteiger partial charge in [-0.15, -0.1) is 0 Å². The van der Waals surface area contributed by atoms with Gasteiger partial charge in [-0.2, -0.15) is 0 Å². The van der Waals surface area contributed by atoms with Crippen LogP contribution in [0.1, 0.15) is 20.7 Å². The molecule has 0 saturated carbocycles. The van der Waals surface area contributed by atoms with Gasteiger partial charge in [-0.1, -0.05) is 0 Å². The van der Waals surface area contributed by atoms with Gasteiger partial charge in [-0.25, -0.2) is 9.59 Å². The summed E-state index contributed by atoms with van der Waals surface area (Å²) in [7, 11) is 0. The van der Waals surface area contributed by atoms with Crippen molar-refractivity contribution in [2.24, 2.45) is 0 Å². The van der Waals surface area contributed by atoms with Crippen molar-refractivity contribution in [1.29, 1.82) is 0 Å². The highest BCUT2D eigenvalue weighted by molar-refractivity contribution is 14.1. The van der Waals surface area contributed by atoms with Crippen molar-refractivity contribution in [2.75, 3.05) is 0 Å². The molecule has 0 aliphatic carbocycles. The van der Waals surface area contributed by atoms with Crippen LogP contribution in [0.4, 0.5) is 0 Å². The van der Waals surface area contributed by atoms with Gasteiger partial charge in [0.05, 0.1) is 11.1 Å². The van der Waals surface area contributed by atoms with Gasteiger partial charge in [0.25, 0.3) is 0 Å². The van der Waals surface area contributed by atoms with Crippen molar-refractivity contribution in [2.45, 2.75) is 0 Å². The molecule has 4 nitrogen and oxygen atoms in total. The lowest BCUT2D eigenvalue weighted by molar-refractivity contribution is 0.0686. The number of hydrogen-bond acceptors (Lipinski definition) is 2. The minimum Gasteiger partial charge on any atom is -0.478 e. The zero-order valence-electron chi connectivity index (χ0n) is 9.93. The van der Waals surface area contributed by atoms with Crippen LogP contribution in [0.2, 0.25) is 0 Å². The Kier molecular flexibility index (Phi) is 4.63. The average Bonchev–Trinajstić information content (AvgIpc) is 2.38. The maximum atomic E-state index is 11.1. The van der Waals surface area contributed by atoms with Gasteiger partial charge in [0.15, 0.2) is 0 Å². The summed E-state index contributed by atoms with van der Waals surface area (Å²) in [6.45, 7) is 0. The zero-order valence-corrected chi connectivity index (χ0v) is 14.2. The number of halogens is 2. The number of aromatic carboxylic acids is 2. The predicted molar refractivity (Wildman–Crippen MR) is 91.2 cm³/mol. The number of carboxylic acids is 2. The minimum atomic E-state index is -1.01. The van der Waals surface area contributed by atoms with Crippen molar-refractivity contribution in [3.63, 3.8) is 0 Å². The lowest BCUT2D eigenvalue weighted by Gasteiger charge is -2.08. The molecule has 0 amide bonds. The van der Waals surface area contributed by atoms with Gasteiger partial charge in [0.2, 0.25) is 0 Å². The summed E-state index contributed by atoms with van der Waals surface area (Å²) in [5.74, 6) is -2.01. The quantitative estimate of drug-likeness (QED) is 0.635. The van der Waals surface area contributed by atoms with Crippen molar-refractivity contribution < 1.29 is 19.8 Å². The normalized spacial score (nSPS) is 10.3. The molecule has 0 aliphatic heterocycles. The lowest BCUT2D eigenvalue weighted by atomic mass is 10.0. The second-order valence-electron chi connectivity index (χ2n) is 4.03. The number of hydrogen-bond donors (Lipinski definition) is 2. The molecular formula is C14H8I2O4. The third kappa shape index (κ3) is 3.29. The van der Waals surface area contributed by atoms with E-state index < -0.39 is 11.9 Å². The Labute approximate surface area is 142 Å². The van der Waals surface area contributed by atoms with E-state index in [0.717, 1.165) is 7.14 Å². The van der Waals surface area contributed by atoms with Crippen molar-refractivity contribution >= 4 is 57.1 Å². The van der Waals surface area contributed by atoms with Gasteiger partial charge in [-0.3, -0.25) is 0 Å². The minimum absolute atomic E-state index is 0.177. The Morgan fingerprint density at radius 1 is 0.850 bits per heavy atom. The van der Waals surface area contributed by atoms with Gasteiger partial charge in [-0.05, 0) is 92.7 Å². The van der Waals surface area contributed by atoms with Crippen LogP contribution in [0.15, 0.2) is 36.4 Å². The Bertz CT molecular complexity index is 710. The molecule has 0 spiro atoms. The summed E-state index contributed by atoms with van der Waals surface area (Å²) < 4.78 is 1.65. The molecule has 2 aromatic rings. The summed E-state index contributed by atoms with van der Waals surface area (Å²) in [5, 5.41) is 18.1. The zero-order chi connectivity index (χ0) is 14.9. The maximum Gasteiger partial charge on any atom is 0.335 e. The van der Waals surface area contributed by atoms with E-state index in [4.69, 9.17) is 10.2 Å². The first kappa shape index (κ1) is 15.2. The molecule has 102 valence electrons. The SMILES string of the molecule is O=C(O)c1cc(I)cc(-c2cc(C(=O)O)ccc2I)c1. The average molecular weight is 494 g/mol. The third-order valence-corrected chi connectivity index (χ3v) is 4.23. The number of carboxylic acid groups (broad SMARTS) is 2. The summed E-state index contributed by atoms with van der Waals surface area (Å²) in [6, 6.07) is 9.74. The van der Waals surface area contributed by atoms with Gasteiger partial charge >= 0.3 is 11.9 Å². The number of benzene rings is 2. The van der Waals surface area contributed by atoms with Crippen LogP contribution >= 0.6 is 45.2 Å². The Morgan fingerprint density at radius 2 is 1.50 bits per heavy atom. The molecule has 0 fully saturated rings. The van der Waals surface area contributed by atoms with Gasteiger partial charge in [0.1, 0.15) is 0 Å². The molecule has 0 heterocycles. The largest absolute Gasteiger partial charge is 0.478 e. The number of rotatable bonds is 3. The maximum absolute atomic E-state index is 11.1. The standard InChI is InChI=1S/C14H8I2O4/c15-10-4-8(3-9(5-10)14(19)20)11-6-7(13(17)18)1-2-12(11)16/h1-6H,(H,17,18)(H,19,20). The van der Waals surface area contributed by atoms with Crippen LogP contribution in [0, 0.1) is 7.14 Å². The van der Waals surface area contributed by atoms with Crippen LogP contribution in [0.5, 0.6) is 0 Å². The monoisotopic (exact) mass is 494 g/mol. The molecule has 20 heavy (non-hydrogen) atoms. The first-order valence-electron chi connectivity index (χ1n) is 5.45. The predicted octanol–water partition coefficient (Wildman–Crippen LogP) is 3.96. The number of carbonyl (C=O) groups is 2. The van der Waals surface area contributed by atoms with Crippen molar-refractivity contribution in [3.05, 3.63) is 54.7 Å². The molecule has 0 saturated heterocycles. The highest BCUT2D eigenvalue weighted by Gasteiger charge is 2.12. The Balaban J connectivity index is 2.64. The molecule has 0 unspecified atom stereocenters. The fourth-order valence-electron chi connectivity index (χ4n) is 1.75. The van der Waals surface area contributed by atoms with Gasteiger partial charge < -0.3 is 10.2 Å². The molecule has 0 aromatic heterocycles. The van der Waals surface area contributed by atoms with E-state index >= 15 is 0 Å². The molecule has 6 heteroatoms. The van der Waals surface area contributed by atoms with E-state index in [1.165, 1.54) is 6.07 Å². The first-order valence-corrected chi connectivity index (χ1v) is 7.61. The molecule has 2 aromatic carbocycles. The van der Waals surface area contributed by atoms with E-state index in [1.54, 1.807) is 24.3 Å². The first-order chi connectivity index (χ1) is 9.38. The highest BCUT2D eigenvalue weighted by atomic mass is 127. The topological polar surface area (TPSA) is 74.6 Å². The molecule has 0 aliphatic rings. The smallest absolute Gasteiger partial charge is 0.335 e. The second-order valence-corrected chi connectivity index (χ2v) is 6.44. The molecular weight excluding hydrogens is 486 g/mol. The summed E-state index contributed by atoms with van der Waals surface area (Å²) in [6.07, 6.45) is 0. The fraction of sp³-hybridized carbons (Fsp3) is 0. The summed E-state index contributed by atoms with van der Waals surface area (Å²) in [4.78, 5) is 22.1. The van der Waals surface area contributed by atoms with Crippen molar-refractivity contribution in [1.82, 2.24) is 0 Å². The van der Waals surface area contributed by atoms with Crippen LogP contribution in [-0.4, -0.2) is 22.2 Å². The summed E-state index contributed by atoms with van der Waals surface area (Å²) in [5.41, 5.74) is 1.77. The van der Waals surface area contributed by atoms with Crippen LogP contribution < -0.4 is 0 Å². The van der Waals surface area contributed by atoms with E-state index in [9.17, 15) is 9.59 Å². The van der Waals surface area contributed by atoms with Crippen LogP contribution in [0.3, 0.4) is 0 Å². The summed E-state index contributed by atoms with van der Waals surface area (Å²) >= 11 is 4.14. The van der Waals surface area contributed by atoms with Gasteiger partial charge in [0, 0.05) is 7.14 Å². The van der Waals surface area contributed by atoms with E-state index in [1.807, 2.05) is 28.7 Å².